The maximum Gasteiger partial charge on any atom is 0.226 e. The molecule has 1 N–H and O–H groups in total. The molecule has 1 amide bonds. The zero-order valence-corrected chi connectivity index (χ0v) is 22.4. The Kier molecular flexibility index (Phi) is 6.07. The number of benzene rings is 1. The molecule has 0 spiro atoms. The Morgan fingerprint density at radius 2 is 2.25 bits per heavy atom. The normalized spacial score (nSPS) is 30.2. The Balaban J connectivity index is 1.28. The molecule has 2 fully saturated rings. The van der Waals surface area contributed by atoms with Crippen LogP contribution in [0.15, 0.2) is 28.2 Å². The number of hydrogen-bond acceptors (Lipinski definition) is 7. The van der Waals surface area contributed by atoms with Crippen LogP contribution in [0.1, 0.15) is 67.4 Å². The minimum absolute atomic E-state index is 0.00989. The Labute approximate surface area is 219 Å². The van der Waals surface area contributed by atoms with Gasteiger partial charge >= 0.3 is 0 Å². The number of amides is 1. The fraction of sp³-hybridized carbons (Fsp3) is 0.556. The molecule has 36 heavy (non-hydrogen) atoms. The van der Waals surface area contributed by atoms with Crippen molar-refractivity contribution in [1.82, 2.24) is 9.97 Å². The van der Waals surface area contributed by atoms with Crippen LogP contribution in [0.25, 0.3) is 11.1 Å². The summed E-state index contributed by atoms with van der Waals surface area (Å²) in [6.07, 6.45) is 9.63. The van der Waals surface area contributed by atoms with E-state index < -0.39 is 0 Å². The van der Waals surface area contributed by atoms with Crippen molar-refractivity contribution in [2.75, 3.05) is 12.4 Å². The highest BCUT2D eigenvalue weighted by molar-refractivity contribution is 7.15. The first-order valence-corrected chi connectivity index (χ1v) is 14.0. The highest BCUT2D eigenvalue weighted by Crippen LogP contribution is 2.63. The lowest BCUT2D eigenvalue weighted by atomic mass is 9.54. The van der Waals surface area contributed by atoms with Crippen molar-refractivity contribution < 1.29 is 14.0 Å². The number of oxazole rings is 1. The van der Waals surface area contributed by atoms with Crippen LogP contribution in [0.2, 0.25) is 5.02 Å². The minimum atomic E-state index is -0.00989. The lowest BCUT2D eigenvalue weighted by molar-refractivity contribution is -0.116. The molecule has 0 radical (unpaired) electrons. The molecule has 1 aromatic carbocycles. The van der Waals surface area contributed by atoms with E-state index in [2.05, 4.69) is 33.4 Å². The van der Waals surface area contributed by atoms with Gasteiger partial charge in [-0.3, -0.25) is 4.79 Å². The maximum absolute atomic E-state index is 12.8. The van der Waals surface area contributed by atoms with Gasteiger partial charge in [-0.2, -0.15) is 0 Å². The number of anilines is 1. The molecule has 0 saturated heterocycles. The molecule has 7 nitrogen and oxygen atoms in total. The quantitative estimate of drug-likeness (QED) is 0.371. The molecule has 2 heterocycles. The number of nitrogens with zero attached hydrogens (tertiary/aromatic N) is 3. The number of aryl methyl sites for hydroxylation is 1. The zero-order valence-electron chi connectivity index (χ0n) is 20.8. The second-order valence-corrected chi connectivity index (χ2v) is 12.4. The molecule has 2 aromatic heterocycles. The second-order valence-electron chi connectivity index (χ2n) is 10.8. The molecular weight excluding hydrogens is 496 g/mol. The summed E-state index contributed by atoms with van der Waals surface area (Å²) in [4.78, 5) is 27.9. The molecule has 0 aliphatic heterocycles. The zero-order chi connectivity index (χ0) is 25.0. The van der Waals surface area contributed by atoms with Gasteiger partial charge in [0.2, 0.25) is 5.91 Å². The lowest BCUT2D eigenvalue weighted by Gasteiger charge is -2.50. The fourth-order valence-electron chi connectivity index (χ4n) is 7.50. The molecule has 2 saturated carbocycles. The van der Waals surface area contributed by atoms with E-state index in [1.165, 1.54) is 28.9 Å². The summed E-state index contributed by atoms with van der Waals surface area (Å²) in [5.74, 6) is 1.80. The molecule has 3 unspecified atom stereocenters. The Bertz CT molecular complexity index is 1350. The van der Waals surface area contributed by atoms with Gasteiger partial charge in [-0.15, -0.1) is 11.3 Å². The summed E-state index contributed by atoms with van der Waals surface area (Å²) in [6, 6.07) is 2.21. The van der Waals surface area contributed by atoms with Crippen LogP contribution >= 0.6 is 22.9 Å². The van der Waals surface area contributed by atoms with Crippen molar-refractivity contribution in [3.05, 3.63) is 39.7 Å². The first kappa shape index (κ1) is 23.9. The number of halogens is 1. The molecule has 5 atom stereocenters. The van der Waals surface area contributed by atoms with Gasteiger partial charge in [-0.25, -0.2) is 9.97 Å². The largest absolute Gasteiger partial charge is 0.442 e. The Hall–Kier alpha value is -2.45. The molecule has 3 aromatic rings. The van der Waals surface area contributed by atoms with Crippen LogP contribution in [-0.2, 0) is 16.1 Å². The highest BCUT2D eigenvalue weighted by atomic mass is 35.5. The monoisotopic (exact) mass is 526 g/mol. The summed E-state index contributed by atoms with van der Waals surface area (Å²) >= 11 is 8.31. The van der Waals surface area contributed by atoms with E-state index in [1.54, 1.807) is 13.3 Å². The van der Waals surface area contributed by atoms with Gasteiger partial charge in [0.15, 0.2) is 17.1 Å². The number of thiazole rings is 1. The van der Waals surface area contributed by atoms with Gasteiger partial charge in [0.05, 0.1) is 10.7 Å². The molecule has 9 heteroatoms. The van der Waals surface area contributed by atoms with E-state index in [4.69, 9.17) is 20.9 Å². The number of carbonyl (C=O) groups excluding carboxylic acids is 1. The van der Waals surface area contributed by atoms with Crippen molar-refractivity contribution in [1.29, 1.82) is 0 Å². The fourth-order valence-corrected chi connectivity index (χ4v) is 8.53. The number of fused-ring (bicyclic) bond motifs is 6. The van der Waals surface area contributed by atoms with E-state index in [9.17, 15) is 4.79 Å². The third-order valence-electron chi connectivity index (χ3n) is 8.95. The number of nitrogens with one attached hydrogen (secondary N) is 1. The van der Waals surface area contributed by atoms with E-state index in [0.717, 1.165) is 59.7 Å². The maximum atomic E-state index is 12.8. The van der Waals surface area contributed by atoms with Gasteiger partial charge in [-0.05, 0) is 86.3 Å². The molecule has 6 rings (SSSR count). The minimum Gasteiger partial charge on any atom is -0.442 e. The lowest BCUT2D eigenvalue weighted by Crippen LogP contribution is -2.44. The Morgan fingerprint density at radius 3 is 3.03 bits per heavy atom. The summed E-state index contributed by atoms with van der Waals surface area (Å²) in [6.45, 7) is 4.36. The second kappa shape index (κ2) is 9.14. The molecular formula is C27H31ClN4O3S. The first-order valence-electron chi connectivity index (χ1n) is 12.8. The Morgan fingerprint density at radius 1 is 1.39 bits per heavy atom. The van der Waals surface area contributed by atoms with E-state index in [1.807, 2.05) is 6.92 Å². The molecule has 3 aliphatic rings. The third-order valence-corrected chi connectivity index (χ3v) is 10.2. The van der Waals surface area contributed by atoms with Crippen LogP contribution < -0.4 is 5.32 Å². The smallest absolute Gasteiger partial charge is 0.226 e. The van der Waals surface area contributed by atoms with Crippen LogP contribution in [0.4, 0.5) is 5.13 Å². The van der Waals surface area contributed by atoms with Crippen molar-refractivity contribution >= 4 is 50.8 Å². The number of oxime groups is 1. The SMILES string of the molecule is CO/N=C1\C[C@@H](CCC(=O)Nc2ncc(C)s2)C2C3CCc4c(cc5ncoc5c4Cl)C3CC[C@]12C. The molecule has 3 aliphatic carbocycles. The van der Waals surface area contributed by atoms with E-state index in [-0.39, 0.29) is 11.3 Å². The standard InChI is InChI=1S/C27H31ClN4O3S/c1-14-12-29-26(36-14)31-22(33)7-4-15-10-21(32-34-3)27(2)9-8-16-17(23(15)27)5-6-18-19(16)11-20-25(24(18)28)35-13-30-20/h11-13,15-17,23H,4-10H2,1-3H3,(H,29,31,33)/b32-21+/t15-,16?,17?,23?,27-/m1/s1. The van der Waals surface area contributed by atoms with Crippen LogP contribution in [0, 0.1) is 30.1 Å². The third kappa shape index (κ3) is 3.84. The van der Waals surface area contributed by atoms with Crippen molar-refractivity contribution in [3.8, 4) is 0 Å². The topological polar surface area (TPSA) is 89.6 Å². The van der Waals surface area contributed by atoms with Crippen LogP contribution in [-0.4, -0.2) is 28.7 Å². The summed E-state index contributed by atoms with van der Waals surface area (Å²) < 4.78 is 5.58. The average molecular weight is 527 g/mol. The number of aromatic nitrogens is 2. The van der Waals surface area contributed by atoms with Crippen LogP contribution in [0.3, 0.4) is 0 Å². The summed E-state index contributed by atoms with van der Waals surface area (Å²) in [5.41, 5.74) is 5.25. The number of hydrogen-bond donors (Lipinski definition) is 1. The highest BCUT2D eigenvalue weighted by Gasteiger charge is 2.57. The summed E-state index contributed by atoms with van der Waals surface area (Å²) in [7, 11) is 1.63. The predicted octanol–water partition coefficient (Wildman–Crippen LogP) is 6.75. The van der Waals surface area contributed by atoms with Gasteiger partial charge in [0.25, 0.3) is 0 Å². The van der Waals surface area contributed by atoms with E-state index in [0.29, 0.717) is 40.8 Å². The van der Waals surface area contributed by atoms with Crippen molar-refractivity contribution in [2.45, 2.75) is 64.7 Å². The first-order chi connectivity index (χ1) is 17.4. The predicted molar refractivity (Wildman–Crippen MR) is 142 cm³/mol. The van der Waals surface area contributed by atoms with E-state index >= 15 is 0 Å². The number of carbonyl (C=O) groups is 1. The number of rotatable bonds is 5. The van der Waals surface area contributed by atoms with Crippen LogP contribution in [0.5, 0.6) is 0 Å². The van der Waals surface area contributed by atoms with Gasteiger partial charge in [0, 0.05) is 22.9 Å². The molecule has 0 bridgehead atoms. The summed E-state index contributed by atoms with van der Waals surface area (Å²) in [5, 5.41) is 8.90. The van der Waals surface area contributed by atoms with Gasteiger partial charge in [-0.1, -0.05) is 23.7 Å². The van der Waals surface area contributed by atoms with Crippen molar-refractivity contribution in [2.24, 2.45) is 28.3 Å². The average Bonchev–Trinajstić information content (AvgIpc) is 3.56. The van der Waals surface area contributed by atoms with Gasteiger partial charge < -0.3 is 14.6 Å². The van der Waals surface area contributed by atoms with Gasteiger partial charge in [0.1, 0.15) is 12.6 Å². The molecule has 190 valence electrons. The van der Waals surface area contributed by atoms with Crippen molar-refractivity contribution in [3.63, 3.8) is 0 Å².